The van der Waals surface area contributed by atoms with Crippen molar-refractivity contribution < 1.29 is 9.90 Å². The van der Waals surface area contributed by atoms with Crippen molar-refractivity contribution in [2.75, 3.05) is 0 Å². The fourth-order valence-corrected chi connectivity index (χ4v) is 2.29. The number of aromatic nitrogens is 2. The number of carboxylic acid groups (broad SMARTS) is 1. The Labute approximate surface area is 106 Å². The molecule has 1 N–H and O–H groups in total. The first kappa shape index (κ1) is 14.0. The Bertz CT molecular complexity index is 398. The molecule has 0 saturated heterocycles. The molecule has 0 spiro atoms. The summed E-state index contributed by atoms with van der Waals surface area (Å²) in [6, 6.07) is 0. The van der Waals surface area contributed by atoms with E-state index in [-0.39, 0.29) is 5.56 Å². The van der Waals surface area contributed by atoms with E-state index in [9.17, 15) is 4.79 Å². The third kappa shape index (κ3) is 3.70. The lowest BCUT2D eigenvalue weighted by molar-refractivity contribution is 0.0694. The van der Waals surface area contributed by atoms with Crippen LogP contribution in [0.2, 0.25) is 0 Å². The Hall–Kier alpha value is -1.10. The molecule has 0 fully saturated rings. The van der Waals surface area contributed by atoms with E-state index in [4.69, 9.17) is 5.11 Å². The van der Waals surface area contributed by atoms with Crippen molar-refractivity contribution in [2.45, 2.75) is 45.1 Å². The molecule has 17 heavy (non-hydrogen) atoms. The topological polar surface area (TPSA) is 63.1 Å². The van der Waals surface area contributed by atoms with Gasteiger partial charge in [0, 0.05) is 5.25 Å². The van der Waals surface area contributed by atoms with E-state index in [0.717, 1.165) is 18.0 Å². The molecule has 0 bridgehead atoms. The minimum Gasteiger partial charge on any atom is -0.478 e. The highest BCUT2D eigenvalue weighted by molar-refractivity contribution is 7.99. The van der Waals surface area contributed by atoms with E-state index < -0.39 is 5.97 Å². The molecule has 4 nitrogen and oxygen atoms in total. The summed E-state index contributed by atoms with van der Waals surface area (Å²) in [4.78, 5) is 19.5. The van der Waals surface area contributed by atoms with Crippen LogP contribution in [0.1, 0.15) is 47.8 Å². The lowest BCUT2D eigenvalue weighted by atomic mass is 10.2. The highest BCUT2D eigenvalue weighted by Gasteiger charge is 2.15. The summed E-state index contributed by atoms with van der Waals surface area (Å²) in [5.41, 5.74) is 1.32. The summed E-state index contributed by atoms with van der Waals surface area (Å²) in [6.07, 6.45) is 1.11. The first-order chi connectivity index (χ1) is 7.95. The highest BCUT2D eigenvalue weighted by Crippen LogP contribution is 2.19. The quantitative estimate of drug-likeness (QED) is 0.875. The van der Waals surface area contributed by atoms with Gasteiger partial charge in [-0.2, -0.15) is 11.8 Å². The molecule has 1 aromatic rings. The molecule has 0 aliphatic rings. The first-order valence-electron chi connectivity index (χ1n) is 5.64. The Kier molecular flexibility index (Phi) is 4.93. The molecule has 0 aromatic carbocycles. The van der Waals surface area contributed by atoms with Crippen molar-refractivity contribution in [1.29, 1.82) is 0 Å². The molecule has 0 radical (unpaired) electrons. The summed E-state index contributed by atoms with van der Waals surface area (Å²) in [6.45, 7) is 7.74. The van der Waals surface area contributed by atoms with Crippen molar-refractivity contribution in [3.05, 3.63) is 22.8 Å². The van der Waals surface area contributed by atoms with Gasteiger partial charge in [-0.25, -0.2) is 14.8 Å². The molecule has 1 aromatic heterocycles. The van der Waals surface area contributed by atoms with Crippen LogP contribution in [0.4, 0.5) is 0 Å². The number of hydrogen-bond donors (Lipinski definition) is 1. The summed E-state index contributed by atoms with van der Waals surface area (Å²) in [7, 11) is 0. The second-order valence-electron chi connectivity index (χ2n) is 4.02. The molecule has 1 unspecified atom stereocenters. The minimum absolute atomic E-state index is 0.224. The zero-order chi connectivity index (χ0) is 13.0. The van der Waals surface area contributed by atoms with Crippen LogP contribution in [0.5, 0.6) is 0 Å². The third-order valence-electron chi connectivity index (χ3n) is 2.60. The number of aryl methyl sites for hydroxylation is 2. The molecule has 0 saturated carbocycles. The van der Waals surface area contributed by atoms with Gasteiger partial charge in [0.15, 0.2) is 0 Å². The maximum Gasteiger partial charge on any atom is 0.339 e. The van der Waals surface area contributed by atoms with Gasteiger partial charge in [0.25, 0.3) is 0 Å². The second kappa shape index (κ2) is 6.00. The summed E-state index contributed by atoms with van der Waals surface area (Å²) in [5, 5.41) is 9.58. The van der Waals surface area contributed by atoms with Crippen molar-refractivity contribution in [3.8, 4) is 0 Å². The predicted octanol–water partition coefficient (Wildman–Crippen LogP) is 2.82. The molecule has 1 heterocycles. The molecular formula is C12H18N2O2S. The zero-order valence-electron chi connectivity index (χ0n) is 10.6. The van der Waals surface area contributed by atoms with Crippen LogP contribution < -0.4 is 0 Å². The summed E-state index contributed by atoms with van der Waals surface area (Å²) >= 11 is 1.79. The van der Waals surface area contributed by atoms with E-state index in [1.54, 1.807) is 25.6 Å². The number of aromatic carboxylic acids is 1. The second-order valence-corrected chi connectivity index (χ2v) is 5.45. The Morgan fingerprint density at radius 2 is 1.88 bits per heavy atom. The number of thioether (sulfide) groups is 1. The van der Waals surface area contributed by atoms with Gasteiger partial charge < -0.3 is 5.11 Å². The van der Waals surface area contributed by atoms with E-state index in [0.29, 0.717) is 16.6 Å². The van der Waals surface area contributed by atoms with Crippen molar-refractivity contribution >= 4 is 17.7 Å². The smallest absolute Gasteiger partial charge is 0.339 e. The van der Waals surface area contributed by atoms with E-state index in [1.165, 1.54) is 0 Å². The number of carboxylic acids is 1. The van der Waals surface area contributed by atoms with Gasteiger partial charge in [0.2, 0.25) is 0 Å². The van der Waals surface area contributed by atoms with Crippen LogP contribution in [0.25, 0.3) is 0 Å². The van der Waals surface area contributed by atoms with Crippen LogP contribution in [0, 0.1) is 13.8 Å². The molecule has 5 heteroatoms. The van der Waals surface area contributed by atoms with Gasteiger partial charge in [-0.05, 0) is 20.3 Å². The standard InChI is InChI=1S/C12H18N2O2S/c1-5-7(2)17-6-10-13-8(3)11(12(15)16)9(4)14-10/h7H,5-6H2,1-4H3,(H,15,16). The maximum atomic E-state index is 11.0. The van der Waals surface area contributed by atoms with Crippen LogP contribution in [0.15, 0.2) is 0 Å². The van der Waals surface area contributed by atoms with E-state index >= 15 is 0 Å². The van der Waals surface area contributed by atoms with Gasteiger partial charge in [0.1, 0.15) is 11.4 Å². The lowest BCUT2D eigenvalue weighted by Gasteiger charge is -2.09. The number of hydrogen-bond acceptors (Lipinski definition) is 4. The van der Waals surface area contributed by atoms with Crippen LogP contribution >= 0.6 is 11.8 Å². The molecule has 94 valence electrons. The van der Waals surface area contributed by atoms with Crippen LogP contribution in [-0.2, 0) is 5.75 Å². The zero-order valence-corrected chi connectivity index (χ0v) is 11.5. The summed E-state index contributed by atoms with van der Waals surface area (Å²) in [5.74, 6) is 0.493. The van der Waals surface area contributed by atoms with Crippen molar-refractivity contribution in [2.24, 2.45) is 0 Å². The average Bonchev–Trinajstić information content (AvgIpc) is 2.24. The summed E-state index contributed by atoms with van der Waals surface area (Å²) < 4.78 is 0. The van der Waals surface area contributed by atoms with Gasteiger partial charge in [-0.1, -0.05) is 13.8 Å². The van der Waals surface area contributed by atoms with Gasteiger partial charge in [-0.3, -0.25) is 0 Å². The Morgan fingerprint density at radius 3 is 2.29 bits per heavy atom. The SMILES string of the molecule is CCC(C)SCc1nc(C)c(C(=O)O)c(C)n1. The normalized spacial score (nSPS) is 12.5. The van der Waals surface area contributed by atoms with E-state index in [1.807, 2.05) is 0 Å². The van der Waals surface area contributed by atoms with Crippen molar-refractivity contribution in [3.63, 3.8) is 0 Å². The fourth-order valence-electron chi connectivity index (χ4n) is 1.49. The monoisotopic (exact) mass is 254 g/mol. The molecule has 1 rings (SSSR count). The van der Waals surface area contributed by atoms with E-state index in [2.05, 4.69) is 23.8 Å². The van der Waals surface area contributed by atoms with Crippen LogP contribution in [0.3, 0.4) is 0 Å². The average molecular weight is 254 g/mol. The Morgan fingerprint density at radius 1 is 1.35 bits per heavy atom. The first-order valence-corrected chi connectivity index (χ1v) is 6.69. The van der Waals surface area contributed by atoms with Gasteiger partial charge in [-0.15, -0.1) is 0 Å². The number of carbonyl (C=O) groups is 1. The predicted molar refractivity (Wildman–Crippen MR) is 69.5 cm³/mol. The lowest BCUT2D eigenvalue weighted by Crippen LogP contribution is -2.10. The molecule has 0 aliphatic heterocycles. The fraction of sp³-hybridized carbons (Fsp3) is 0.583. The van der Waals surface area contributed by atoms with Gasteiger partial charge in [0.05, 0.1) is 17.1 Å². The Balaban J connectivity index is 2.87. The van der Waals surface area contributed by atoms with Gasteiger partial charge >= 0.3 is 5.97 Å². The largest absolute Gasteiger partial charge is 0.478 e. The minimum atomic E-state index is -0.957. The van der Waals surface area contributed by atoms with Crippen molar-refractivity contribution in [1.82, 2.24) is 9.97 Å². The molecule has 0 amide bonds. The highest BCUT2D eigenvalue weighted by atomic mass is 32.2. The molecule has 1 atom stereocenters. The number of nitrogens with zero attached hydrogens (tertiary/aromatic N) is 2. The number of rotatable bonds is 5. The third-order valence-corrected chi connectivity index (χ3v) is 3.93. The van der Waals surface area contributed by atoms with Crippen LogP contribution in [-0.4, -0.2) is 26.3 Å². The molecular weight excluding hydrogens is 236 g/mol. The molecule has 0 aliphatic carbocycles. The maximum absolute atomic E-state index is 11.0.